The average molecular weight is 377 g/mol. The summed E-state index contributed by atoms with van der Waals surface area (Å²) < 4.78 is 5.15. The third-order valence-electron chi connectivity index (χ3n) is 3.89. The molecule has 1 aromatic carbocycles. The molecule has 0 spiro atoms. The van der Waals surface area contributed by atoms with Crippen LogP contribution in [-0.4, -0.2) is 49.4 Å². The first-order valence-corrected chi connectivity index (χ1v) is 8.57. The van der Waals surface area contributed by atoms with Crippen molar-refractivity contribution in [3.63, 3.8) is 0 Å². The smallest absolute Gasteiger partial charge is 0.339 e. The van der Waals surface area contributed by atoms with Crippen LogP contribution in [-0.2, 0) is 14.3 Å². The second kappa shape index (κ2) is 10.9. The number of aliphatic imine (C=N–C) groups is 1. The first-order valence-electron chi connectivity index (χ1n) is 8.57. The third-order valence-corrected chi connectivity index (χ3v) is 3.89. The Morgan fingerprint density at radius 2 is 1.81 bits per heavy atom. The Morgan fingerprint density at radius 3 is 2.37 bits per heavy atom. The maximum Gasteiger partial charge on any atom is 0.339 e. The fourth-order valence-electron chi connectivity index (χ4n) is 2.52. The van der Waals surface area contributed by atoms with Crippen molar-refractivity contribution in [3.05, 3.63) is 34.9 Å². The highest BCUT2D eigenvalue weighted by molar-refractivity contribution is 5.96. The molecule has 0 aromatic heterocycles. The number of Topliss-reactive ketones (excluding diaryl/α,β-unsaturated/α-hetero) is 1. The highest BCUT2D eigenvalue weighted by Gasteiger charge is 2.22. The third kappa shape index (κ3) is 7.45. The molecule has 0 aliphatic carbocycles. The summed E-state index contributed by atoms with van der Waals surface area (Å²) in [4.78, 5) is 40.1. The molecule has 1 aromatic rings. The lowest BCUT2D eigenvalue weighted by Gasteiger charge is -2.17. The Balaban J connectivity index is 2.70. The van der Waals surface area contributed by atoms with E-state index in [1.54, 1.807) is 26.0 Å². The molecule has 148 valence electrons. The number of hydrogen-bond acceptors (Lipinski definition) is 6. The van der Waals surface area contributed by atoms with Gasteiger partial charge in [-0.25, -0.2) is 4.79 Å². The number of carbonyl (C=O) groups is 3. The zero-order chi connectivity index (χ0) is 20.4. The van der Waals surface area contributed by atoms with Crippen LogP contribution in [0.5, 0.6) is 0 Å². The molecule has 0 aliphatic heterocycles. The van der Waals surface area contributed by atoms with E-state index >= 15 is 0 Å². The number of hydrogen-bond donors (Lipinski definition) is 4. The standard InChI is InChI=1S/C18H27N5O4/c1-11-5-3-6-12(2)16(11)17(26)27-10-14(24)13(23-15(25)9-19)7-4-8-22-18(20)21/h3,5-6,13H,4,7-10,19H2,1-2H3,(H,23,25)(H4,20,21,22). The van der Waals surface area contributed by atoms with E-state index in [1.807, 2.05) is 6.07 Å². The minimum absolute atomic E-state index is 0.0496. The summed E-state index contributed by atoms with van der Waals surface area (Å²) in [5.41, 5.74) is 17.7. The van der Waals surface area contributed by atoms with Gasteiger partial charge in [-0.2, -0.15) is 0 Å². The predicted octanol–water partition coefficient (Wildman–Crippen LogP) is -0.474. The number of carbonyl (C=O) groups excluding carboxylic acids is 3. The number of nitrogens with zero attached hydrogens (tertiary/aromatic N) is 1. The minimum atomic E-state index is -0.832. The van der Waals surface area contributed by atoms with Crippen molar-refractivity contribution in [3.8, 4) is 0 Å². The van der Waals surface area contributed by atoms with Crippen LogP contribution in [0.25, 0.3) is 0 Å². The van der Waals surface area contributed by atoms with Gasteiger partial charge in [0.1, 0.15) is 0 Å². The van der Waals surface area contributed by atoms with Gasteiger partial charge >= 0.3 is 5.97 Å². The van der Waals surface area contributed by atoms with Crippen LogP contribution in [0.3, 0.4) is 0 Å². The van der Waals surface area contributed by atoms with Gasteiger partial charge in [0.25, 0.3) is 0 Å². The number of amides is 1. The lowest BCUT2D eigenvalue weighted by Crippen LogP contribution is -2.45. The normalized spacial score (nSPS) is 11.4. The molecule has 0 heterocycles. The fourth-order valence-corrected chi connectivity index (χ4v) is 2.52. The highest BCUT2D eigenvalue weighted by Crippen LogP contribution is 2.14. The molecule has 7 N–H and O–H groups in total. The summed E-state index contributed by atoms with van der Waals surface area (Å²) in [5.74, 6) is -1.54. The Hall–Kier alpha value is -2.94. The van der Waals surface area contributed by atoms with Gasteiger partial charge in [-0.05, 0) is 37.8 Å². The molecule has 0 fully saturated rings. The monoisotopic (exact) mass is 377 g/mol. The van der Waals surface area contributed by atoms with Crippen LogP contribution in [0.2, 0.25) is 0 Å². The van der Waals surface area contributed by atoms with Crippen molar-refractivity contribution < 1.29 is 19.1 Å². The van der Waals surface area contributed by atoms with Crippen molar-refractivity contribution in [1.29, 1.82) is 0 Å². The Labute approximate surface area is 158 Å². The zero-order valence-electron chi connectivity index (χ0n) is 15.7. The van der Waals surface area contributed by atoms with E-state index in [1.165, 1.54) is 0 Å². The van der Waals surface area contributed by atoms with Crippen LogP contribution >= 0.6 is 0 Å². The van der Waals surface area contributed by atoms with E-state index in [9.17, 15) is 14.4 Å². The Bertz CT molecular complexity index is 693. The maximum atomic E-state index is 12.4. The molecule has 9 nitrogen and oxygen atoms in total. The van der Waals surface area contributed by atoms with Gasteiger partial charge < -0.3 is 27.3 Å². The van der Waals surface area contributed by atoms with Gasteiger partial charge in [0, 0.05) is 6.54 Å². The van der Waals surface area contributed by atoms with Crippen LogP contribution in [0.4, 0.5) is 0 Å². The van der Waals surface area contributed by atoms with Crippen LogP contribution < -0.4 is 22.5 Å². The van der Waals surface area contributed by atoms with Crippen molar-refractivity contribution in [2.75, 3.05) is 19.7 Å². The number of rotatable bonds is 10. The number of benzene rings is 1. The van der Waals surface area contributed by atoms with Gasteiger partial charge in [-0.1, -0.05) is 18.2 Å². The number of aryl methyl sites for hydroxylation is 2. The quantitative estimate of drug-likeness (QED) is 0.185. The molecule has 1 amide bonds. The molecule has 1 atom stereocenters. The number of ether oxygens (including phenoxy) is 1. The molecule has 0 radical (unpaired) electrons. The van der Waals surface area contributed by atoms with Crippen LogP contribution in [0.1, 0.15) is 34.3 Å². The van der Waals surface area contributed by atoms with Crippen molar-refractivity contribution >= 4 is 23.6 Å². The summed E-state index contributed by atoms with van der Waals surface area (Å²) in [6, 6.07) is 4.58. The number of nitrogens with two attached hydrogens (primary N) is 3. The first kappa shape index (κ1) is 22.1. The Kier molecular flexibility index (Phi) is 8.94. The highest BCUT2D eigenvalue weighted by atomic mass is 16.5. The summed E-state index contributed by atoms with van der Waals surface area (Å²) in [6.45, 7) is 3.19. The topological polar surface area (TPSA) is 163 Å². The molecule has 1 unspecified atom stereocenters. The molecule has 0 saturated heterocycles. The molecular weight excluding hydrogens is 350 g/mol. The van der Waals surface area contributed by atoms with Gasteiger partial charge in [-0.3, -0.25) is 14.6 Å². The van der Waals surface area contributed by atoms with E-state index < -0.39 is 30.3 Å². The molecule has 27 heavy (non-hydrogen) atoms. The second-order valence-electron chi connectivity index (χ2n) is 6.08. The lowest BCUT2D eigenvalue weighted by molar-refractivity contribution is -0.129. The molecule has 0 aliphatic rings. The van der Waals surface area contributed by atoms with Crippen molar-refractivity contribution in [1.82, 2.24) is 5.32 Å². The number of ketones is 1. The summed E-state index contributed by atoms with van der Waals surface area (Å²) in [7, 11) is 0. The molecule has 0 bridgehead atoms. The number of esters is 1. The van der Waals surface area contributed by atoms with Gasteiger partial charge in [0.15, 0.2) is 18.3 Å². The summed E-state index contributed by atoms with van der Waals surface area (Å²) in [5, 5.41) is 2.53. The molecule has 9 heteroatoms. The molecule has 0 saturated carbocycles. The van der Waals surface area contributed by atoms with Crippen molar-refractivity contribution in [2.24, 2.45) is 22.2 Å². The molecule has 1 rings (SSSR count). The van der Waals surface area contributed by atoms with E-state index in [0.29, 0.717) is 24.9 Å². The lowest BCUT2D eigenvalue weighted by atomic mass is 10.0. The SMILES string of the molecule is Cc1cccc(C)c1C(=O)OCC(=O)C(CCCN=C(N)N)NC(=O)CN. The van der Waals surface area contributed by atoms with Gasteiger partial charge in [-0.15, -0.1) is 0 Å². The van der Waals surface area contributed by atoms with Crippen LogP contribution in [0, 0.1) is 13.8 Å². The van der Waals surface area contributed by atoms with E-state index in [2.05, 4.69) is 10.3 Å². The van der Waals surface area contributed by atoms with Gasteiger partial charge in [0.2, 0.25) is 5.91 Å². The van der Waals surface area contributed by atoms with E-state index in [0.717, 1.165) is 11.1 Å². The average Bonchev–Trinajstić information content (AvgIpc) is 2.61. The summed E-state index contributed by atoms with van der Waals surface area (Å²) >= 11 is 0. The largest absolute Gasteiger partial charge is 0.454 e. The van der Waals surface area contributed by atoms with Crippen LogP contribution in [0.15, 0.2) is 23.2 Å². The minimum Gasteiger partial charge on any atom is -0.454 e. The van der Waals surface area contributed by atoms with E-state index in [-0.39, 0.29) is 12.5 Å². The predicted molar refractivity (Wildman–Crippen MR) is 102 cm³/mol. The van der Waals surface area contributed by atoms with Crippen molar-refractivity contribution in [2.45, 2.75) is 32.7 Å². The zero-order valence-corrected chi connectivity index (χ0v) is 15.7. The Morgan fingerprint density at radius 1 is 1.19 bits per heavy atom. The summed E-state index contributed by atoms with van der Waals surface area (Å²) in [6.07, 6.45) is 0.756. The molecular formula is C18H27N5O4. The number of nitrogens with one attached hydrogen (secondary N) is 1. The fraction of sp³-hybridized carbons (Fsp3) is 0.444. The first-order chi connectivity index (χ1) is 12.8. The number of guanidine groups is 1. The second-order valence-corrected chi connectivity index (χ2v) is 6.08. The maximum absolute atomic E-state index is 12.4. The van der Waals surface area contributed by atoms with Gasteiger partial charge in [0.05, 0.1) is 18.2 Å². The van der Waals surface area contributed by atoms with E-state index in [4.69, 9.17) is 21.9 Å².